The third-order valence-corrected chi connectivity index (χ3v) is 7.86. The molecule has 2 N–H and O–H groups in total. The van der Waals surface area contributed by atoms with Gasteiger partial charge < -0.3 is 5.73 Å². The average Bonchev–Trinajstić information content (AvgIpc) is 3.15. The van der Waals surface area contributed by atoms with E-state index in [-0.39, 0.29) is 22.6 Å². The van der Waals surface area contributed by atoms with E-state index in [4.69, 9.17) is 28.9 Å². The summed E-state index contributed by atoms with van der Waals surface area (Å²) in [7, 11) is 0. The molecule has 1 atom stereocenters. The topological polar surface area (TPSA) is 95.9 Å². The zero-order valence-electron chi connectivity index (χ0n) is 17.1. The van der Waals surface area contributed by atoms with Crippen LogP contribution in [0.2, 0.25) is 10.0 Å². The normalized spacial score (nSPS) is 20.7. The number of hydrogen-bond acceptors (Lipinski definition) is 8. The van der Waals surface area contributed by atoms with Crippen molar-refractivity contribution in [2.75, 3.05) is 11.2 Å². The highest BCUT2D eigenvalue weighted by molar-refractivity contribution is 8.00. The van der Waals surface area contributed by atoms with Gasteiger partial charge in [-0.25, -0.2) is 0 Å². The Labute approximate surface area is 198 Å². The zero-order chi connectivity index (χ0) is 22.5. The third kappa shape index (κ3) is 3.85. The number of benzene rings is 1. The molecule has 6 nitrogen and oxygen atoms in total. The van der Waals surface area contributed by atoms with Crippen LogP contribution in [0.4, 0.5) is 5.13 Å². The second kappa shape index (κ2) is 8.14. The van der Waals surface area contributed by atoms with Gasteiger partial charge in [-0.05, 0) is 35.8 Å². The van der Waals surface area contributed by atoms with Crippen LogP contribution < -0.4 is 10.6 Å². The quantitative estimate of drug-likeness (QED) is 0.565. The number of aromatic nitrogens is 2. The summed E-state index contributed by atoms with van der Waals surface area (Å²) in [5.74, 6) is -0.439. The van der Waals surface area contributed by atoms with Crippen molar-refractivity contribution in [2.24, 2.45) is 11.1 Å². The molecule has 1 aliphatic carbocycles. The Morgan fingerprint density at radius 1 is 1.32 bits per heavy atom. The molecular formula is C21H19Cl2N5OS2. The number of halogens is 2. The monoisotopic (exact) mass is 491 g/mol. The largest absolute Gasteiger partial charge is 0.384 e. The van der Waals surface area contributed by atoms with E-state index in [1.54, 1.807) is 23.1 Å². The van der Waals surface area contributed by atoms with Crippen molar-refractivity contribution in [1.29, 1.82) is 5.26 Å². The molecule has 1 aromatic heterocycles. The maximum atomic E-state index is 13.4. The Morgan fingerprint density at radius 3 is 2.68 bits per heavy atom. The van der Waals surface area contributed by atoms with Crippen molar-refractivity contribution in [2.45, 2.75) is 36.9 Å². The van der Waals surface area contributed by atoms with E-state index >= 15 is 0 Å². The number of allylic oxidation sites excluding steroid dienone is 3. The van der Waals surface area contributed by atoms with Crippen molar-refractivity contribution >= 4 is 57.2 Å². The van der Waals surface area contributed by atoms with Crippen LogP contribution in [-0.4, -0.2) is 22.2 Å². The van der Waals surface area contributed by atoms with Crippen LogP contribution in [0.1, 0.15) is 38.2 Å². The van der Waals surface area contributed by atoms with E-state index in [0.717, 1.165) is 10.0 Å². The lowest BCUT2D eigenvalue weighted by atomic mass is 9.68. The molecule has 1 unspecified atom stereocenters. The minimum atomic E-state index is -0.655. The van der Waals surface area contributed by atoms with Crippen molar-refractivity contribution in [3.8, 4) is 6.07 Å². The molecular weight excluding hydrogens is 473 g/mol. The molecule has 4 rings (SSSR count). The van der Waals surface area contributed by atoms with Gasteiger partial charge in [0.25, 0.3) is 0 Å². The van der Waals surface area contributed by atoms with Gasteiger partial charge in [0.15, 0.2) is 10.1 Å². The summed E-state index contributed by atoms with van der Waals surface area (Å²) in [4.78, 5) is 15.2. The maximum absolute atomic E-state index is 13.4. The summed E-state index contributed by atoms with van der Waals surface area (Å²) in [6, 6.07) is 7.29. The lowest BCUT2D eigenvalue weighted by molar-refractivity contribution is -0.118. The Morgan fingerprint density at radius 2 is 2.06 bits per heavy atom. The summed E-state index contributed by atoms with van der Waals surface area (Å²) < 4.78 is 0.771. The Kier molecular flexibility index (Phi) is 5.81. The van der Waals surface area contributed by atoms with E-state index < -0.39 is 5.92 Å². The SMILES string of the molecule is CSc1nnc(N2C(N)=C(C#N)C(c3ccc(Cl)cc3Cl)C3=C2CC(C)(C)CC3=O)s1. The van der Waals surface area contributed by atoms with E-state index in [0.29, 0.717) is 39.2 Å². The number of rotatable bonds is 3. The molecule has 0 fully saturated rings. The smallest absolute Gasteiger partial charge is 0.219 e. The molecule has 2 aliphatic rings. The molecule has 1 aliphatic heterocycles. The molecule has 0 amide bonds. The second-order valence-electron chi connectivity index (χ2n) is 8.20. The standard InChI is InChI=1S/C21H19Cl2N5OS2/c1-21(2)7-14-17(15(29)8-21)16(11-5-4-10(22)6-13(11)23)12(9-24)18(25)28(14)19-26-27-20(30-3)31-19/h4-6,16H,7-8,25H2,1-3H3. The van der Waals surface area contributed by atoms with E-state index in [9.17, 15) is 10.1 Å². The van der Waals surface area contributed by atoms with Gasteiger partial charge in [0, 0.05) is 27.7 Å². The van der Waals surface area contributed by atoms with Gasteiger partial charge in [0.2, 0.25) is 5.13 Å². The van der Waals surface area contributed by atoms with Gasteiger partial charge in [-0.15, -0.1) is 10.2 Å². The Balaban J connectivity index is 2.00. The number of Topliss-reactive ketones (excluding diaryl/α,β-unsaturated/α-hetero) is 1. The fourth-order valence-corrected chi connectivity index (χ4v) is 5.97. The fourth-order valence-electron chi connectivity index (χ4n) is 4.15. The van der Waals surface area contributed by atoms with Crippen LogP contribution in [0, 0.1) is 16.7 Å². The number of nitrogens with zero attached hydrogens (tertiary/aromatic N) is 4. The molecule has 0 bridgehead atoms. The Hall–Kier alpha value is -2.05. The number of hydrogen-bond donors (Lipinski definition) is 1. The predicted molar refractivity (Wildman–Crippen MR) is 125 cm³/mol. The number of thioether (sulfide) groups is 1. The first kappa shape index (κ1) is 22.2. The van der Waals surface area contributed by atoms with Gasteiger partial charge in [-0.2, -0.15) is 5.26 Å². The summed E-state index contributed by atoms with van der Waals surface area (Å²) in [5.41, 5.74) is 8.48. The third-order valence-electron chi connectivity index (χ3n) is 5.42. The van der Waals surface area contributed by atoms with Crippen molar-refractivity contribution in [3.05, 3.63) is 56.5 Å². The van der Waals surface area contributed by atoms with Gasteiger partial charge >= 0.3 is 0 Å². The van der Waals surface area contributed by atoms with Crippen LogP contribution in [0.15, 0.2) is 45.2 Å². The summed E-state index contributed by atoms with van der Waals surface area (Å²) in [6.07, 6.45) is 2.88. The van der Waals surface area contributed by atoms with Crippen LogP contribution in [0.3, 0.4) is 0 Å². The van der Waals surface area contributed by atoms with Crippen molar-refractivity contribution < 1.29 is 4.79 Å². The molecule has 10 heteroatoms. The Bertz CT molecular complexity index is 1190. The van der Waals surface area contributed by atoms with Gasteiger partial charge in [0.1, 0.15) is 5.82 Å². The minimum absolute atomic E-state index is 0.0258. The first-order valence-corrected chi connectivity index (χ1v) is 12.2. The summed E-state index contributed by atoms with van der Waals surface area (Å²) in [5, 5.41) is 19.9. The lowest BCUT2D eigenvalue weighted by Crippen LogP contribution is -2.42. The molecule has 0 radical (unpaired) electrons. The number of nitriles is 1. The van der Waals surface area contributed by atoms with Gasteiger partial charge in [-0.1, -0.05) is 66.2 Å². The predicted octanol–water partition coefficient (Wildman–Crippen LogP) is 5.51. The van der Waals surface area contributed by atoms with Crippen LogP contribution in [0.25, 0.3) is 0 Å². The first-order chi connectivity index (χ1) is 14.7. The molecule has 0 spiro atoms. The highest BCUT2D eigenvalue weighted by Gasteiger charge is 2.45. The summed E-state index contributed by atoms with van der Waals surface area (Å²) in [6.45, 7) is 4.09. The number of nitrogens with two attached hydrogens (primary N) is 1. The molecule has 2 aromatic rings. The number of ketones is 1. The van der Waals surface area contributed by atoms with Crippen molar-refractivity contribution in [1.82, 2.24) is 10.2 Å². The minimum Gasteiger partial charge on any atom is -0.384 e. The van der Waals surface area contributed by atoms with Gasteiger partial charge in [-0.3, -0.25) is 9.69 Å². The van der Waals surface area contributed by atoms with Crippen LogP contribution in [-0.2, 0) is 4.79 Å². The molecule has 0 saturated carbocycles. The summed E-state index contributed by atoms with van der Waals surface area (Å²) >= 11 is 15.4. The molecule has 1 aromatic carbocycles. The highest BCUT2D eigenvalue weighted by atomic mass is 35.5. The maximum Gasteiger partial charge on any atom is 0.219 e. The van der Waals surface area contributed by atoms with E-state index in [2.05, 4.69) is 16.3 Å². The average molecular weight is 492 g/mol. The lowest BCUT2D eigenvalue weighted by Gasteiger charge is -2.42. The van der Waals surface area contributed by atoms with Crippen LogP contribution in [0.5, 0.6) is 0 Å². The fraction of sp³-hybridized carbons (Fsp3) is 0.333. The number of anilines is 1. The number of carbonyl (C=O) groups is 1. The highest BCUT2D eigenvalue weighted by Crippen LogP contribution is 2.51. The number of carbonyl (C=O) groups excluding carboxylic acids is 1. The van der Waals surface area contributed by atoms with E-state index in [1.165, 1.54) is 23.1 Å². The molecule has 31 heavy (non-hydrogen) atoms. The van der Waals surface area contributed by atoms with Gasteiger partial charge in [0.05, 0.1) is 17.6 Å². The van der Waals surface area contributed by atoms with E-state index in [1.807, 2.05) is 20.1 Å². The zero-order valence-corrected chi connectivity index (χ0v) is 20.2. The molecule has 2 heterocycles. The second-order valence-corrected chi connectivity index (χ2v) is 11.1. The van der Waals surface area contributed by atoms with Crippen LogP contribution >= 0.6 is 46.3 Å². The molecule has 0 saturated heterocycles. The first-order valence-electron chi connectivity index (χ1n) is 9.45. The van der Waals surface area contributed by atoms with Crippen molar-refractivity contribution in [3.63, 3.8) is 0 Å². The molecule has 160 valence electrons.